The van der Waals surface area contributed by atoms with E-state index in [4.69, 9.17) is 5.73 Å². The van der Waals surface area contributed by atoms with Crippen LogP contribution in [0.1, 0.15) is 50.8 Å². The molecule has 1 saturated heterocycles. The Hall–Kier alpha value is -10.6. The number of carbonyl (C=O) groups excluding carboxylic acids is 14. The number of hydrogen-bond acceptors (Lipinski definition) is 29. The molecule has 0 aliphatic carbocycles. The van der Waals surface area contributed by atoms with Gasteiger partial charge in [0.1, 0.15) is 95.8 Å². The number of rotatable bonds is 17. The predicted octanol–water partition coefficient (Wildman–Crippen LogP) is -11.2. The number of benzene rings is 3. The van der Waals surface area contributed by atoms with Crippen LogP contribution in [0.25, 0.3) is 0 Å². The molecule has 44 heteroatoms. The molecule has 3 aromatic rings. The fourth-order valence-electron chi connectivity index (χ4n) is 10.1. The smallest absolute Gasteiger partial charge is 0.327 e. The molecule has 1 heterocycles. The van der Waals surface area contributed by atoms with Crippen LogP contribution < -0.4 is 80.2 Å². The summed E-state index contributed by atoms with van der Waals surface area (Å²) in [4.78, 5) is 206. The lowest BCUT2D eigenvalue weighted by Crippen LogP contribution is -2.63. The first kappa shape index (κ1) is 92.8. The predicted molar refractivity (Wildman–Crippen MR) is 389 cm³/mol. The molecule has 0 unspecified atom stereocenters. The van der Waals surface area contributed by atoms with Crippen LogP contribution in [0.5, 0.6) is 17.2 Å². The third-order valence-corrected chi connectivity index (χ3v) is 19.2. The van der Waals surface area contributed by atoms with Gasteiger partial charge < -0.3 is 141 Å². The number of phenols is 3. The standard InChI is InChI=1S/C67H95N15O27S2/c1-5-30(2)51-64(105)79-49(67(108)109)29-111-110-28-39(68)54(95)73-44(23-84)59(100)71-41(19-34-8-14-37(92)15-9-34)58(99)81-53(32(4)90)66(107)78-47(26-87)62(103)77-46(25-86)61(102)76-45(24-85)60(101)74-43(22-83)55(96)69-21-50(94)70-40(18-33-6-12-36(91)13-7-33)56(97)75-48(27-88)63(104)82-52(31(3)89)65(106)72-42(57(98)80-51)20-35-10-16-38(93)17-11-35/h6-17,30-32,39-49,51-53,83-93H,5,18-29,68H2,1-4H3,(H,69,96)(H,70,94)(H,71,100)(H,72,106)(H,73,95)(H,74,101)(H,75,97)(H,76,102)(H,77,103)(H,78,107)(H,79,105)(H,80,98)(H,81,99)(H,82,104)(H,108,109)/t30-,31+,32+,39-,40-,41-,42-,43-,44-,45-,46-,47-,48-,49-,51-,52-,53-/m0/s1. The molecular weight excluding hydrogens is 1510 g/mol. The third-order valence-electron chi connectivity index (χ3n) is 16.8. The molecule has 42 nitrogen and oxygen atoms in total. The van der Waals surface area contributed by atoms with Crippen molar-refractivity contribution in [3.05, 3.63) is 89.5 Å². The van der Waals surface area contributed by atoms with Gasteiger partial charge in [-0.15, -0.1) is 0 Å². The van der Waals surface area contributed by atoms with Gasteiger partial charge in [0.25, 0.3) is 0 Å². The molecule has 4 rings (SSSR count). The number of nitrogens with two attached hydrogens (primary N) is 1. The largest absolute Gasteiger partial charge is 0.508 e. The molecule has 1 fully saturated rings. The van der Waals surface area contributed by atoms with E-state index in [2.05, 4.69) is 53.2 Å². The molecule has 1 aliphatic heterocycles. The fraction of sp³-hybridized carbons (Fsp3) is 0.507. The van der Waals surface area contributed by atoms with Crippen molar-refractivity contribution in [1.82, 2.24) is 74.4 Å². The van der Waals surface area contributed by atoms with Crippen molar-refractivity contribution in [2.75, 3.05) is 57.7 Å². The molecule has 111 heavy (non-hydrogen) atoms. The monoisotopic (exact) mass is 1610 g/mol. The summed E-state index contributed by atoms with van der Waals surface area (Å²) in [6.07, 6.45) is -4.83. The fourth-order valence-corrected chi connectivity index (χ4v) is 12.4. The second kappa shape index (κ2) is 46.2. The van der Waals surface area contributed by atoms with Crippen molar-refractivity contribution in [3.63, 3.8) is 0 Å². The second-order valence-electron chi connectivity index (χ2n) is 25.4. The van der Waals surface area contributed by atoms with Gasteiger partial charge in [0.2, 0.25) is 82.7 Å². The van der Waals surface area contributed by atoms with Gasteiger partial charge >= 0.3 is 5.97 Å². The Bertz CT molecular complexity index is 3700. The molecule has 0 saturated carbocycles. The topological polar surface area (TPSA) is 693 Å². The summed E-state index contributed by atoms with van der Waals surface area (Å²) < 4.78 is 0. The zero-order valence-corrected chi connectivity index (χ0v) is 62.0. The van der Waals surface area contributed by atoms with E-state index in [9.17, 15) is 133 Å². The van der Waals surface area contributed by atoms with Crippen LogP contribution in [-0.2, 0) is 91.2 Å². The van der Waals surface area contributed by atoms with Crippen LogP contribution in [0.15, 0.2) is 72.8 Å². The van der Waals surface area contributed by atoms with Gasteiger partial charge in [0.15, 0.2) is 0 Å². The van der Waals surface area contributed by atoms with Gasteiger partial charge in [0.05, 0.1) is 64.4 Å². The first-order chi connectivity index (χ1) is 52.5. The van der Waals surface area contributed by atoms with Gasteiger partial charge in [0, 0.05) is 30.8 Å². The summed E-state index contributed by atoms with van der Waals surface area (Å²) in [5.74, 6) is -21.4. The van der Waals surface area contributed by atoms with E-state index in [1.54, 1.807) is 6.92 Å². The second-order valence-corrected chi connectivity index (χ2v) is 28.0. The Morgan fingerprint density at radius 1 is 0.378 bits per heavy atom. The zero-order valence-electron chi connectivity index (χ0n) is 60.3. The van der Waals surface area contributed by atoms with Gasteiger partial charge in [-0.1, -0.05) is 78.3 Å². The van der Waals surface area contributed by atoms with Crippen LogP contribution in [0.4, 0.5) is 0 Å². The minimum absolute atomic E-state index is 0.173. The number of aliphatic carboxylic acids is 1. The number of aromatic hydroxyl groups is 3. The van der Waals surface area contributed by atoms with E-state index in [0.29, 0.717) is 0 Å². The number of aliphatic hydroxyl groups is 8. The van der Waals surface area contributed by atoms with Gasteiger partial charge in [-0.25, -0.2) is 4.79 Å². The summed E-state index contributed by atoms with van der Waals surface area (Å²) in [7, 11) is 1.61. The lowest BCUT2D eigenvalue weighted by Gasteiger charge is -2.29. The zero-order chi connectivity index (χ0) is 82.9. The van der Waals surface area contributed by atoms with E-state index < -0.39 is 263 Å². The summed E-state index contributed by atoms with van der Waals surface area (Å²) in [6, 6.07) is -10.8. The maximum absolute atomic E-state index is 14.5. The molecule has 3 aromatic carbocycles. The number of aliphatic hydroxyl groups excluding tert-OH is 8. The van der Waals surface area contributed by atoms with E-state index in [1.807, 2.05) is 21.3 Å². The molecular formula is C67H95N15O27S2. The Balaban J connectivity index is 1.73. The van der Waals surface area contributed by atoms with E-state index >= 15 is 0 Å². The molecule has 0 radical (unpaired) electrons. The maximum atomic E-state index is 14.5. The minimum atomic E-state index is -2.08. The van der Waals surface area contributed by atoms with Crippen LogP contribution in [-0.4, -0.2) is 304 Å². The lowest BCUT2D eigenvalue weighted by atomic mass is 9.96. The van der Waals surface area contributed by atoms with Crippen molar-refractivity contribution in [2.45, 2.75) is 150 Å². The molecule has 0 bridgehead atoms. The number of nitrogens with one attached hydrogen (secondary N) is 14. The van der Waals surface area contributed by atoms with Crippen LogP contribution in [0.2, 0.25) is 0 Å². The van der Waals surface area contributed by atoms with Crippen molar-refractivity contribution < 1.29 is 133 Å². The quantitative estimate of drug-likeness (QED) is 0.0558. The number of carboxylic acids is 1. The highest BCUT2D eigenvalue weighted by atomic mass is 33.1. The Labute approximate surface area is 641 Å². The molecule has 17 atom stereocenters. The Morgan fingerprint density at radius 2 is 0.649 bits per heavy atom. The van der Waals surface area contributed by atoms with Gasteiger partial charge in [-0.05, 0) is 72.9 Å². The van der Waals surface area contributed by atoms with E-state index in [1.165, 1.54) is 79.7 Å². The lowest BCUT2D eigenvalue weighted by molar-refractivity contribution is -0.142. The summed E-state index contributed by atoms with van der Waals surface area (Å²) in [6.45, 7) is -3.28. The molecule has 0 spiro atoms. The summed E-state index contributed by atoms with van der Waals surface area (Å²) in [5.41, 5.74) is 6.93. The molecule has 612 valence electrons. The molecule has 1 aliphatic rings. The highest BCUT2D eigenvalue weighted by Crippen LogP contribution is 2.24. The first-order valence-corrected chi connectivity index (χ1v) is 36.8. The van der Waals surface area contributed by atoms with E-state index in [-0.39, 0.29) is 46.1 Å². The van der Waals surface area contributed by atoms with E-state index in [0.717, 1.165) is 35.4 Å². The normalized spacial score (nSPS) is 26.5. The van der Waals surface area contributed by atoms with Gasteiger partial charge in [-0.2, -0.15) is 0 Å². The average molecular weight is 1610 g/mol. The molecule has 14 amide bonds. The highest BCUT2D eigenvalue weighted by Gasteiger charge is 2.40. The minimum Gasteiger partial charge on any atom is -0.508 e. The van der Waals surface area contributed by atoms with Crippen molar-refractivity contribution in [1.29, 1.82) is 0 Å². The number of phenolic OH excluding ortho intramolecular Hbond substituents is 3. The average Bonchev–Trinajstić information content (AvgIpc) is 0.850. The Morgan fingerprint density at radius 3 is 0.991 bits per heavy atom. The van der Waals surface area contributed by atoms with Crippen molar-refractivity contribution >= 4 is 110 Å². The van der Waals surface area contributed by atoms with Crippen molar-refractivity contribution in [2.24, 2.45) is 11.7 Å². The molecule has 28 N–H and O–H groups in total. The number of carbonyl (C=O) groups is 15. The van der Waals surface area contributed by atoms with Crippen LogP contribution in [0.3, 0.4) is 0 Å². The third kappa shape index (κ3) is 30.0. The summed E-state index contributed by atoms with van der Waals surface area (Å²) >= 11 is 0. The van der Waals surface area contributed by atoms with Gasteiger partial charge in [-0.3, -0.25) is 67.1 Å². The van der Waals surface area contributed by atoms with Crippen LogP contribution >= 0.6 is 21.6 Å². The number of carboxylic acid groups (broad SMARTS) is 1. The number of hydrogen-bond donors (Lipinski definition) is 27. The Kier molecular flexibility index (Phi) is 38.6. The number of amides is 14. The SMILES string of the molecule is CC[C@H](C)[C@@H]1NC(=O)[C@H](Cc2ccc(O)cc2)NC(=O)[C@H]([C@@H](C)O)NC(=O)[C@H](CO)NC(=O)[C@H](Cc2ccc(O)cc2)NC(=O)CNC(=O)[C@H](CO)NC(=O)[C@H](CO)NC(=O)[C@H](CO)NC(=O)[C@H](CO)NC(=O)[C@H]([C@@H](C)O)NC(=O)[C@H](Cc2ccc(O)cc2)NC(=O)[C@H](CO)NC(=O)[C@@H](N)CSSC[C@@H](C(=O)O)NC1=O. The summed E-state index contributed by atoms with van der Waals surface area (Å²) in [5, 5.41) is 154. The maximum Gasteiger partial charge on any atom is 0.327 e. The van der Waals surface area contributed by atoms with Crippen LogP contribution in [0, 0.1) is 5.92 Å². The molecule has 0 aromatic heterocycles. The first-order valence-electron chi connectivity index (χ1n) is 34.3. The highest BCUT2D eigenvalue weighted by molar-refractivity contribution is 8.76. The van der Waals surface area contributed by atoms with Crippen molar-refractivity contribution in [3.8, 4) is 17.2 Å².